The van der Waals surface area contributed by atoms with E-state index in [4.69, 9.17) is 10.3 Å². The summed E-state index contributed by atoms with van der Waals surface area (Å²) in [5.74, 6) is 0.0256. The van der Waals surface area contributed by atoms with Crippen LogP contribution in [-0.4, -0.2) is 37.2 Å². The summed E-state index contributed by atoms with van der Waals surface area (Å²) < 4.78 is 18.1. The average molecular weight is 323 g/mol. The maximum absolute atomic E-state index is 12.0. The van der Waals surface area contributed by atoms with Gasteiger partial charge in [0.1, 0.15) is 6.33 Å². The number of H-pyrrole nitrogens is 1. The van der Waals surface area contributed by atoms with E-state index in [2.05, 4.69) is 15.0 Å². The third kappa shape index (κ3) is 2.09. The van der Waals surface area contributed by atoms with Crippen molar-refractivity contribution in [3.63, 3.8) is 0 Å². The fourth-order valence-electron chi connectivity index (χ4n) is 2.85. The van der Waals surface area contributed by atoms with Gasteiger partial charge in [-0.05, 0) is 18.4 Å². The van der Waals surface area contributed by atoms with E-state index in [0.717, 1.165) is 12.0 Å². The predicted octanol–water partition coefficient (Wildman–Crippen LogP) is 0.538. The summed E-state index contributed by atoms with van der Waals surface area (Å²) in [6.07, 6.45) is 4.88. The minimum atomic E-state index is -3.40. The van der Waals surface area contributed by atoms with Crippen molar-refractivity contribution in [1.29, 1.82) is 0 Å². The first-order valence-electron chi connectivity index (χ1n) is 6.78. The number of nitrogens with two attached hydrogens (primary N) is 1. The quantitative estimate of drug-likeness (QED) is 0.651. The molecular formula is C12H14N5O4P. The number of nitrogen functional groups attached to an aromatic ring is 1. The monoisotopic (exact) mass is 323 g/mol. The summed E-state index contributed by atoms with van der Waals surface area (Å²) in [5.41, 5.74) is 6.64. The fourth-order valence-corrected chi connectivity index (χ4v) is 4.14. The summed E-state index contributed by atoms with van der Waals surface area (Å²) in [7, 11) is -3.40. The van der Waals surface area contributed by atoms with Crippen LogP contribution in [0.4, 0.5) is 5.95 Å². The molecule has 10 heteroatoms. The lowest BCUT2D eigenvalue weighted by atomic mass is 10.0. The van der Waals surface area contributed by atoms with Gasteiger partial charge in [0.05, 0.1) is 12.8 Å². The van der Waals surface area contributed by atoms with Gasteiger partial charge in [-0.2, -0.15) is 4.98 Å². The first-order chi connectivity index (χ1) is 10.4. The Bertz CT molecular complexity index is 902. The van der Waals surface area contributed by atoms with Gasteiger partial charge in [-0.1, -0.05) is 0 Å². The van der Waals surface area contributed by atoms with Crippen LogP contribution in [-0.2, 0) is 9.09 Å². The molecular weight excluding hydrogens is 309 g/mol. The summed E-state index contributed by atoms with van der Waals surface area (Å²) in [4.78, 5) is 31.9. The average Bonchev–Trinajstić information content (AvgIpc) is 2.94. The van der Waals surface area contributed by atoms with Gasteiger partial charge in [0, 0.05) is 11.6 Å². The molecule has 0 aromatic carbocycles. The summed E-state index contributed by atoms with van der Waals surface area (Å²) in [6.45, 7) is 0.237. The van der Waals surface area contributed by atoms with E-state index in [9.17, 15) is 14.3 Å². The number of hydrogen-bond donors (Lipinski definition) is 3. The molecule has 1 spiro atoms. The van der Waals surface area contributed by atoms with Crippen LogP contribution in [0.2, 0.25) is 0 Å². The van der Waals surface area contributed by atoms with E-state index in [0.29, 0.717) is 11.9 Å². The van der Waals surface area contributed by atoms with Crippen molar-refractivity contribution in [1.82, 2.24) is 19.5 Å². The van der Waals surface area contributed by atoms with Crippen molar-refractivity contribution < 1.29 is 14.0 Å². The minimum Gasteiger partial charge on any atom is -0.369 e. The van der Waals surface area contributed by atoms with Crippen LogP contribution in [0.25, 0.3) is 17.4 Å². The van der Waals surface area contributed by atoms with Crippen molar-refractivity contribution in [2.45, 2.75) is 12.8 Å². The molecule has 1 aliphatic heterocycles. The molecule has 0 radical (unpaired) electrons. The second-order valence-electron chi connectivity index (χ2n) is 5.77. The van der Waals surface area contributed by atoms with Gasteiger partial charge in [-0.25, -0.2) is 4.98 Å². The Labute approximate surface area is 124 Å². The van der Waals surface area contributed by atoms with E-state index in [1.807, 2.05) is 6.20 Å². The van der Waals surface area contributed by atoms with Crippen LogP contribution < -0.4 is 11.3 Å². The molecule has 2 unspecified atom stereocenters. The number of rotatable bonds is 1. The van der Waals surface area contributed by atoms with Crippen LogP contribution in [0.3, 0.4) is 0 Å². The number of hydrogen-bond acceptors (Lipinski definition) is 6. The molecule has 0 amide bonds. The van der Waals surface area contributed by atoms with Gasteiger partial charge in [-0.3, -0.25) is 18.9 Å². The molecule has 2 fully saturated rings. The normalized spacial score (nSPS) is 32.9. The molecule has 2 aromatic heterocycles. The lowest BCUT2D eigenvalue weighted by molar-refractivity contribution is 0.181. The summed E-state index contributed by atoms with van der Waals surface area (Å²) in [5, 5.41) is 0. The molecule has 4 N–H and O–H groups in total. The molecule has 1 saturated carbocycles. The molecule has 4 rings (SSSR count). The minimum absolute atomic E-state index is 0.0256. The molecule has 3 heterocycles. The van der Waals surface area contributed by atoms with E-state index in [1.54, 1.807) is 4.57 Å². The fraction of sp³-hybridized carbons (Fsp3) is 0.417. The number of aromatic amines is 1. The molecule has 22 heavy (non-hydrogen) atoms. The third-order valence-electron chi connectivity index (χ3n) is 4.25. The van der Waals surface area contributed by atoms with Crippen LogP contribution in [0.5, 0.6) is 0 Å². The van der Waals surface area contributed by atoms with Crippen molar-refractivity contribution in [2.75, 3.05) is 18.5 Å². The van der Waals surface area contributed by atoms with E-state index in [1.165, 1.54) is 6.33 Å². The first kappa shape index (κ1) is 13.7. The Balaban J connectivity index is 1.68. The van der Waals surface area contributed by atoms with Crippen LogP contribution >= 0.6 is 7.60 Å². The Kier molecular flexibility index (Phi) is 2.66. The van der Waals surface area contributed by atoms with Gasteiger partial charge < -0.3 is 15.2 Å². The molecule has 116 valence electrons. The zero-order valence-electron chi connectivity index (χ0n) is 11.5. The number of imidazole rings is 1. The Hall–Kier alpha value is -1.96. The zero-order chi connectivity index (χ0) is 15.5. The van der Waals surface area contributed by atoms with Gasteiger partial charge in [-0.15, -0.1) is 0 Å². The smallest absolute Gasteiger partial charge is 0.328 e. The highest BCUT2D eigenvalue weighted by molar-refractivity contribution is 7.52. The molecule has 2 aliphatic rings. The topological polar surface area (TPSA) is 136 Å². The highest BCUT2D eigenvalue weighted by Crippen LogP contribution is 2.63. The van der Waals surface area contributed by atoms with Crippen molar-refractivity contribution in [3.8, 4) is 0 Å². The van der Waals surface area contributed by atoms with E-state index >= 15 is 0 Å². The standard InChI is InChI=1S/C12H14N5O4P/c13-11-15-9-8(10(18)16-11)17(6-14-9)4-7-3-12(7)1-2-22(19,20)21-5-12/h4,6H,1-3,5H2,(H,19,20)(H3,13,15,16,18)/b7-4+. The Morgan fingerprint density at radius 3 is 3.14 bits per heavy atom. The second kappa shape index (κ2) is 4.28. The maximum Gasteiger partial charge on any atom is 0.328 e. The van der Waals surface area contributed by atoms with Crippen LogP contribution in [0.1, 0.15) is 12.8 Å². The predicted molar refractivity (Wildman–Crippen MR) is 79.1 cm³/mol. The van der Waals surface area contributed by atoms with Gasteiger partial charge in [0.15, 0.2) is 11.2 Å². The SMILES string of the molecule is Nc1nc2ncn(/C=C3\CC34CCP(=O)(O)OC4)c2c(=O)[nH]1. The number of nitrogens with zero attached hydrogens (tertiary/aromatic N) is 3. The highest BCUT2D eigenvalue weighted by Gasteiger charge is 2.53. The molecule has 1 saturated heterocycles. The van der Waals surface area contributed by atoms with Gasteiger partial charge >= 0.3 is 7.60 Å². The molecule has 1 aliphatic carbocycles. The van der Waals surface area contributed by atoms with Crippen molar-refractivity contribution in [2.24, 2.45) is 5.41 Å². The van der Waals surface area contributed by atoms with Crippen molar-refractivity contribution in [3.05, 3.63) is 22.3 Å². The van der Waals surface area contributed by atoms with E-state index in [-0.39, 0.29) is 35.3 Å². The van der Waals surface area contributed by atoms with Gasteiger partial charge in [0.2, 0.25) is 5.95 Å². The van der Waals surface area contributed by atoms with Gasteiger partial charge in [0.25, 0.3) is 5.56 Å². The van der Waals surface area contributed by atoms with Crippen LogP contribution in [0, 0.1) is 5.41 Å². The Morgan fingerprint density at radius 2 is 2.41 bits per heavy atom. The lowest BCUT2D eigenvalue weighted by Gasteiger charge is -2.24. The number of fused-ring (bicyclic) bond motifs is 1. The molecule has 0 bridgehead atoms. The maximum atomic E-state index is 12.0. The molecule has 9 nitrogen and oxygen atoms in total. The zero-order valence-corrected chi connectivity index (χ0v) is 12.4. The summed E-state index contributed by atoms with van der Waals surface area (Å²) in [6, 6.07) is 0. The number of nitrogens with one attached hydrogen (secondary N) is 1. The largest absolute Gasteiger partial charge is 0.369 e. The number of anilines is 1. The first-order valence-corrected chi connectivity index (χ1v) is 8.55. The summed E-state index contributed by atoms with van der Waals surface area (Å²) >= 11 is 0. The second-order valence-corrected chi connectivity index (χ2v) is 7.75. The van der Waals surface area contributed by atoms with E-state index < -0.39 is 7.60 Å². The number of aromatic nitrogens is 4. The molecule has 2 atom stereocenters. The van der Waals surface area contributed by atoms with Crippen molar-refractivity contribution >= 4 is 30.9 Å². The highest BCUT2D eigenvalue weighted by atomic mass is 31.2. The third-order valence-corrected chi connectivity index (χ3v) is 5.57. The van der Waals surface area contributed by atoms with Crippen LogP contribution in [0.15, 0.2) is 16.7 Å². The Morgan fingerprint density at radius 1 is 1.59 bits per heavy atom. The lowest BCUT2D eigenvalue weighted by Crippen LogP contribution is -2.19. The molecule has 2 aromatic rings.